The van der Waals surface area contributed by atoms with E-state index in [0.29, 0.717) is 6.04 Å². The van der Waals surface area contributed by atoms with Crippen molar-refractivity contribution in [1.29, 1.82) is 0 Å². The van der Waals surface area contributed by atoms with Crippen LogP contribution in [-0.4, -0.2) is 60.5 Å². The zero-order valence-corrected chi connectivity index (χ0v) is 14.8. The van der Waals surface area contributed by atoms with Gasteiger partial charge in [0.2, 0.25) is 5.91 Å². The van der Waals surface area contributed by atoms with Crippen LogP contribution < -0.4 is 5.32 Å². The highest BCUT2D eigenvalue weighted by Crippen LogP contribution is 2.18. The molecule has 4 nitrogen and oxygen atoms in total. The lowest BCUT2D eigenvalue weighted by atomic mass is 9.98. The maximum Gasteiger partial charge on any atom is 0.237 e. The van der Waals surface area contributed by atoms with Gasteiger partial charge in [-0.15, -0.1) is 0 Å². The Morgan fingerprint density at radius 3 is 2.18 bits per heavy atom. The second-order valence-electron chi connectivity index (χ2n) is 7.44. The van der Waals surface area contributed by atoms with Gasteiger partial charge < -0.3 is 5.32 Å². The molecule has 2 atom stereocenters. The fourth-order valence-electron chi connectivity index (χ4n) is 3.64. The van der Waals surface area contributed by atoms with Crippen LogP contribution in [0, 0.1) is 5.92 Å². The van der Waals surface area contributed by atoms with Gasteiger partial charge in [0.05, 0.1) is 6.04 Å². The van der Waals surface area contributed by atoms with E-state index in [0.717, 1.165) is 25.6 Å². The van der Waals surface area contributed by atoms with Crippen LogP contribution in [0.2, 0.25) is 0 Å². The molecule has 1 amide bonds. The maximum atomic E-state index is 12.4. The summed E-state index contributed by atoms with van der Waals surface area (Å²) in [4.78, 5) is 17.3. The van der Waals surface area contributed by atoms with Gasteiger partial charge in [-0.2, -0.15) is 0 Å². The van der Waals surface area contributed by atoms with E-state index in [-0.39, 0.29) is 11.9 Å². The average molecular weight is 309 g/mol. The molecule has 2 heterocycles. The Bertz CT molecular complexity index is 331. The minimum Gasteiger partial charge on any atom is -0.353 e. The fourth-order valence-corrected chi connectivity index (χ4v) is 3.64. The lowest BCUT2D eigenvalue weighted by molar-refractivity contribution is -0.126. The van der Waals surface area contributed by atoms with Crippen LogP contribution in [0.1, 0.15) is 59.3 Å². The molecule has 0 spiro atoms. The Kier molecular flexibility index (Phi) is 7.16. The summed E-state index contributed by atoms with van der Waals surface area (Å²) in [5.41, 5.74) is 0. The molecule has 0 saturated carbocycles. The average Bonchev–Trinajstić information content (AvgIpc) is 2.81. The van der Waals surface area contributed by atoms with Crippen molar-refractivity contribution in [2.75, 3.05) is 32.7 Å². The third-order valence-corrected chi connectivity index (χ3v) is 5.58. The highest BCUT2D eigenvalue weighted by atomic mass is 16.2. The van der Waals surface area contributed by atoms with Gasteiger partial charge in [-0.05, 0) is 71.6 Å². The van der Waals surface area contributed by atoms with Crippen molar-refractivity contribution < 1.29 is 4.79 Å². The topological polar surface area (TPSA) is 35.6 Å². The monoisotopic (exact) mass is 309 g/mol. The van der Waals surface area contributed by atoms with Crippen molar-refractivity contribution in [3.8, 4) is 0 Å². The van der Waals surface area contributed by atoms with E-state index >= 15 is 0 Å². The molecule has 0 radical (unpaired) electrons. The molecule has 0 aromatic carbocycles. The number of carbonyl (C=O) groups excluding carboxylic acids is 1. The lowest BCUT2D eigenvalue weighted by Crippen LogP contribution is -2.50. The molecule has 0 bridgehead atoms. The van der Waals surface area contributed by atoms with Crippen LogP contribution in [0.4, 0.5) is 0 Å². The smallest absolute Gasteiger partial charge is 0.237 e. The molecule has 0 aliphatic carbocycles. The SMILES string of the molecule is CC1CCN(C(C)CNC(=O)C(C)N2CCCCCC2)CC1. The predicted octanol–water partition coefficient (Wildman–Crippen LogP) is 2.49. The first-order valence-electron chi connectivity index (χ1n) is 9.33. The van der Waals surface area contributed by atoms with Gasteiger partial charge in [-0.3, -0.25) is 14.6 Å². The van der Waals surface area contributed by atoms with E-state index < -0.39 is 0 Å². The molecule has 2 aliphatic heterocycles. The molecule has 2 unspecified atom stereocenters. The summed E-state index contributed by atoms with van der Waals surface area (Å²) in [6, 6.07) is 0.472. The highest BCUT2D eigenvalue weighted by molar-refractivity contribution is 5.81. The van der Waals surface area contributed by atoms with Crippen molar-refractivity contribution in [2.45, 2.75) is 71.4 Å². The van der Waals surface area contributed by atoms with Gasteiger partial charge in [-0.25, -0.2) is 0 Å². The summed E-state index contributed by atoms with van der Waals surface area (Å²) in [5.74, 6) is 1.07. The van der Waals surface area contributed by atoms with E-state index in [9.17, 15) is 4.79 Å². The molecule has 4 heteroatoms. The first-order chi connectivity index (χ1) is 10.6. The summed E-state index contributed by atoms with van der Waals surface area (Å²) >= 11 is 0. The number of likely N-dealkylation sites (tertiary alicyclic amines) is 2. The van der Waals surface area contributed by atoms with Gasteiger partial charge in [-0.1, -0.05) is 19.8 Å². The minimum absolute atomic E-state index is 0.0201. The number of nitrogens with one attached hydrogen (secondary N) is 1. The first-order valence-corrected chi connectivity index (χ1v) is 9.33. The summed E-state index contributed by atoms with van der Waals surface area (Å²) in [5, 5.41) is 3.19. The van der Waals surface area contributed by atoms with Crippen LogP contribution in [0.5, 0.6) is 0 Å². The Morgan fingerprint density at radius 2 is 1.59 bits per heavy atom. The predicted molar refractivity (Wildman–Crippen MR) is 91.9 cm³/mol. The number of hydrogen-bond acceptors (Lipinski definition) is 3. The number of rotatable bonds is 5. The van der Waals surface area contributed by atoms with Crippen LogP contribution in [0.25, 0.3) is 0 Å². The molecule has 2 rings (SSSR count). The third-order valence-electron chi connectivity index (χ3n) is 5.58. The second-order valence-corrected chi connectivity index (χ2v) is 7.44. The molecule has 2 saturated heterocycles. The molecule has 0 aromatic rings. The van der Waals surface area contributed by atoms with Gasteiger partial charge >= 0.3 is 0 Å². The Hall–Kier alpha value is -0.610. The maximum absolute atomic E-state index is 12.4. The van der Waals surface area contributed by atoms with E-state index in [1.165, 1.54) is 51.6 Å². The van der Waals surface area contributed by atoms with Gasteiger partial charge in [0.25, 0.3) is 0 Å². The standard InChI is InChI=1S/C18H35N3O/c1-15-8-12-20(13-9-15)16(2)14-19-18(22)17(3)21-10-6-4-5-7-11-21/h15-17H,4-14H2,1-3H3,(H,19,22). The molecule has 2 aliphatic rings. The van der Waals surface area contributed by atoms with E-state index in [1.807, 2.05) is 0 Å². The molecule has 22 heavy (non-hydrogen) atoms. The van der Waals surface area contributed by atoms with Crippen LogP contribution in [0.15, 0.2) is 0 Å². The summed E-state index contributed by atoms with van der Waals surface area (Å²) in [7, 11) is 0. The van der Waals surface area contributed by atoms with Crippen LogP contribution >= 0.6 is 0 Å². The third kappa shape index (κ3) is 5.24. The van der Waals surface area contributed by atoms with Gasteiger partial charge in [0, 0.05) is 12.6 Å². The fraction of sp³-hybridized carbons (Fsp3) is 0.944. The normalized spacial score (nSPS) is 25.4. The van der Waals surface area contributed by atoms with E-state index in [2.05, 4.69) is 35.9 Å². The van der Waals surface area contributed by atoms with Crippen LogP contribution in [-0.2, 0) is 4.79 Å². The van der Waals surface area contributed by atoms with E-state index in [1.54, 1.807) is 0 Å². The van der Waals surface area contributed by atoms with Crippen molar-refractivity contribution in [3.63, 3.8) is 0 Å². The molecular formula is C18H35N3O. The Balaban J connectivity index is 1.71. The molecule has 128 valence electrons. The summed E-state index contributed by atoms with van der Waals surface area (Å²) < 4.78 is 0. The molecule has 2 fully saturated rings. The lowest BCUT2D eigenvalue weighted by Gasteiger charge is -2.35. The number of piperidine rings is 1. The zero-order valence-electron chi connectivity index (χ0n) is 14.8. The van der Waals surface area contributed by atoms with Crippen LogP contribution in [0.3, 0.4) is 0 Å². The summed E-state index contributed by atoms with van der Waals surface area (Å²) in [6.07, 6.45) is 7.69. The van der Waals surface area contributed by atoms with Crippen molar-refractivity contribution in [2.24, 2.45) is 5.92 Å². The highest BCUT2D eigenvalue weighted by Gasteiger charge is 2.24. The van der Waals surface area contributed by atoms with Gasteiger partial charge in [0.15, 0.2) is 0 Å². The molecular weight excluding hydrogens is 274 g/mol. The number of hydrogen-bond donors (Lipinski definition) is 1. The number of carbonyl (C=O) groups is 1. The molecule has 1 N–H and O–H groups in total. The van der Waals surface area contributed by atoms with Crippen molar-refractivity contribution >= 4 is 5.91 Å². The second kappa shape index (κ2) is 8.88. The Morgan fingerprint density at radius 1 is 1.00 bits per heavy atom. The number of amides is 1. The quantitative estimate of drug-likeness (QED) is 0.847. The van der Waals surface area contributed by atoms with Crippen molar-refractivity contribution in [3.05, 3.63) is 0 Å². The molecule has 0 aromatic heterocycles. The number of nitrogens with zero attached hydrogens (tertiary/aromatic N) is 2. The van der Waals surface area contributed by atoms with E-state index in [4.69, 9.17) is 0 Å². The Labute approximate surface area is 136 Å². The largest absolute Gasteiger partial charge is 0.353 e. The summed E-state index contributed by atoms with van der Waals surface area (Å²) in [6.45, 7) is 11.9. The van der Waals surface area contributed by atoms with Gasteiger partial charge in [0.1, 0.15) is 0 Å². The van der Waals surface area contributed by atoms with Crippen molar-refractivity contribution in [1.82, 2.24) is 15.1 Å². The minimum atomic E-state index is 0.0201. The zero-order chi connectivity index (χ0) is 15.9. The first kappa shape index (κ1) is 17.7.